The molecule has 11 N–H and O–H groups in total. The summed E-state index contributed by atoms with van der Waals surface area (Å²) >= 11 is 0. The molecule has 0 unspecified atom stereocenters. The highest BCUT2D eigenvalue weighted by Gasteiger charge is 2.49. The molecular weight excluding hydrogens is 902 g/mol. The summed E-state index contributed by atoms with van der Waals surface area (Å²) in [4.78, 5) is 93.7. The van der Waals surface area contributed by atoms with E-state index in [4.69, 9.17) is 29.7 Å². The molecule has 7 atom stereocenters. The van der Waals surface area contributed by atoms with Gasteiger partial charge < -0.3 is 76.0 Å². The zero-order valence-electron chi connectivity index (χ0n) is 36.3. The Hall–Kier alpha value is -7.09. The second-order valence-electron chi connectivity index (χ2n) is 16.6. The Bertz CT molecular complexity index is 2860. The number of fused-ring (bicyclic) bond motifs is 5. The molecule has 2 aromatic carbocycles. The molecule has 4 aromatic rings. The highest BCUT2D eigenvalue weighted by molar-refractivity contribution is 5.97. The monoisotopic (exact) mass is 947 g/mol. The third kappa shape index (κ3) is 8.56. The predicted molar refractivity (Wildman–Crippen MR) is 229 cm³/mol. The zero-order chi connectivity index (χ0) is 48.9. The van der Waals surface area contributed by atoms with Crippen LogP contribution in [0.1, 0.15) is 64.8 Å². The normalized spacial score (nSPS) is 23.3. The highest BCUT2D eigenvalue weighted by atomic mass is 19.1. The van der Waals surface area contributed by atoms with Crippen molar-refractivity contribution in [3.8, 4) is 17.1 Å². The van der Waals surface area contributed by atoms with Crippen LogP contribution in [0.25, 0.3) is 22.3 Å². The maximum Gasteiger partial charge on any atom is 0.407 e. The maximum atomic E-state index is 15.4. The number of nitrogens with one attached hydrogen (secondary N) is 4. The molecule has 5 heterocycles. The van der Waals surface area contributed by atoms with Crippen molar-refractivity contribution in [2.45, 2.75) is 95.2 Å². The van der Waals surface area contributed by atoms with E-state index in [1.807, 2.05) is 0 Å². The van der Waals surface area contributed by atoms with E-state index in [1.54, 1.807) is 13.8 Å². The number of carboxylic acid groups (broad SMARTS) is 1. The number of carboxylic acids is 1. The van der Waals surface area contributed by atoms with Gasteiger partial charge in [-0.2, -0.15) is 0 Å². The van der Waals surface area contributed by atoms with Crippen LogP contribution in [0.2, 0.25) is 0 Å². The number of aliphatic carboxylic acids is 1. The molecule has 2 aromatic heterocycles. The molecule has 4 aliphatic rings. The summed E-state index contributed by atoms with van der Waals surface area (Å²) in [6.45, 7) is 0.933. The van der Waals surface area contributed by atoms with Crippen LogP contribution in [-0.2, 0) is 70.0 Å². The van der Waals surface area contributed by atoms with Crippen LogP contribution in [-0.4, -0.2) is 121 Å². The summed E-state index contributed by atoms with van der Waals surface area (Å²) in [6, 6.07) is 5.96. The molecule has 360 valence electrons. The number of ether oxygens (including phenoxy) is 4. The van der Waals surface area contributed by atoms with Gasteiger partial charge in [-0.15, -0.1) is 0 Å². The standard InChI is InChI=1S/C44H46FN7O16/c1-3-44(64)22-9-27-34-20(14-52(27)39(59)21(22)16-65-42(44)62)33-24(6-5-19-17(2)23(45)10-26(50-34)32(19)33)51-43(63)66-15-18-4-7-28(67-41-37(58)35(56)36(57)38(68-41)40(60)61)25(8-18)49-31(55)13-48-30(54)12-47-29(53)11-46/h4,7-10,24,35-38,41,56-58,64H,3,5-6,11-16,46H2,1-2H3,(H,47,53)(H,48,54)(H,49,55)(H,51,63)(H,60,61)/t24-,35-,36-,37+,38-,41+,44-/m0/s1. The number of aliphatic hydroxyl groups excluding tert-OH is 3. The van der Waals surface area contributed by atoms with Crippen molar-refractivity contribution in [3.05, 3.63) is 85.4 Å². The van der Waals surface area contributed by atoms with Crippen molar-refractivity contribution in [1.29, 1.82) is 0 Å². The van der Waals surface area contributed by atoms with Crippen LogP contribution in [0.5, 0.6) is 5.75 Å². The van der Waals surface area contributed by atoms with E-state index in [-0.39, 0.29) is 71.9 Å². The number of carbonyl (C=O) groups is 6. The number of halogens is 1. The summed E-state index contributed by atoms with van der Waals surface area (Å²) < 4.78 is 38.6. The van der Waals surface area contributed by atoms with Crippen molar-refractivity contribution in [1.82, 2.24) is 25.5 Å². The smallest absolute Gasteiger partial charge is 0.407 e. The molecule has 0 radical (unpaired) electrons. The van der Waals surface area contributed by atoms with Gasteiger partial charge in [0.05, 0.1) is 60.4 Å². The SMILES string of the molecule is CC[C@@]1(O)C(=O)OCc2c1cc1n(c2=O)Cc2c-1nc1cc(F)c(C)c3c1c2[C@@H](NC(=O)OCc1ccc(O[C@@H]2O[C@H](C(=O)O)[C@@H](O)[C@H](O)[C@H]2O)c(NC(=O)CNC(=O)CNC(=O)CN)c1)CC3. The van der Waals surface area contributed by atoms with Crippen LogP contribution >= 0.6 is 0 Å². The minimum absolute atomic E-state index is 0.00643. The summed E-state index contributed by atoms with van der Waals surface area (Å²) in [5.41, 5.74) is 5.91. The number of esters is 1. The molecule has 24 heteroatoms. The number of hydrogen-bond acceptors (Lipinski definition) is 17. The molecule has 23 nitrogen and oxygen atoms in total. The lowest BCUT2D eigenvalue weighted by Crippen LogP contribution is -2.61. The zero-order valence-corrected chi connectivity index (χ0v) is 36.3. The van der Waals surface area contributed by atoms with Crippen LogP contribution in [0, 0.1) is 12.7 Å². The summed E-state index contributed by atoms with van der Waals surface area (Å²) in [5, 5.41) is 62.4. The van der Waals surface area contributed by atoms with Crippen LogP contribution in [0.3, 0.4) is 0 Å². The molecule has 4 amide bonds. The Morgan fingerprint density at radius 1 is 0.985 bits per heavy atom. The number of alkyl carbamates (subject to hydrolysis) is 1. The number of nitrogens with two attached hydrogens (primary N) is 1. The van der Waals surface area contributed by atoms with Crippen molar-refractivity contribution in [2.75, 3.05) is 25.0 Å². The van der Waals surface area contributed by atoms with Gasteiger partial charge in [0.2, 0.25) is 24.0 Å². The van der Waals surface area contributed by atoms with Gasteiger partial charge in [0.1, 0.15) is 43.1 Å². The first-order valence-corrected chi connectivity index (χ1v) is 21.3. The number of cyclic esters (lactones) is 1. The third-order valence-electron chi connectivity index (χ3n) is 12.5. The molecule has 68 heavy (non-hydrogen) atoms. The molecule has 1 fully saturated rings. The van der Waals surface area contributed by atoms with Crippen LogP contribution in [0.15, 0.2) is 35.1 Å². The number of aryl methyl sites for hydroxylation is 1. The number of rotatable bonds is 13. The van der Waals surface area contributed by atoms with E-state index in [9.17, 15) is 59.1 Å². The molecule has 8 rings (SSSR count). The van der Waals surface area contributed by atoms with E-state index < -0.39 is 109 Å². The Kier molecular flexibility index (Phi) is 12.9. The van der Waals surface area contributed by atoms with Gasteiger partial charge in [-0.3, -0.25) is 19.2 Å². The van der Waals surface area contributed by atoms with Crippen LogP contribution < -0.4 is 37.3 Å². The first-order chi connectivity index (χ1) is 32.3. The number of aromatic nitrogens is 2. The Morgan fingerprint density at radius 3 is 2.44 bits per heavy atom. The van der Waals surface area contributed by atoms with Crippen molar-refractivity contribution >= 4 is 52.3 Å². The fourth-order valence-corrected chi connectivity index (χ4v) is 8.86. The van der Waals surface area contributed by atoms with Gasteiger partial charge in [0, 0.05) is 22.6 Å². The average Bonchev–Trinajstić information content (AvgIpc) is 3.69. The van der Waals surface area contributed by atoms with Gasteiger partial charge in [-0.25, -0.2) is 23.8 Å². The number of benzene rings is 2. The van der Waals surface area contributed by atoms with Gasteiger partial charge >= 0.3 is 18.0 Å². The van der Waals surface area contributed by atoms with Crippen molar-refractivity contribution in [3.63, 3.8) is 0 Å². The quantitative estimate of drug-likeness (QED) is 0.0623. The van der Waals surface area contributed by atoms with Crippen molar-refractivity contribution < 1.29 is 77.6 Å². The maximum absolute atomic E-state index is 15.4. The summed E-state index contributed by atoms with van der Waals surface area (Å²) in [7, 11) is 0. The molecule has 1 saturated heterocycles. The molecule has 0 bridgehead atoms. The molecule has 0 saturated carbocycles. The minimum atomic E-state index is -2.09. The number of nitrogens with zero attached hydrogens (tertiary/aromatic N) is 2. The Labute approximate surface area is 383 Å². The first-order valence-electron chi connectivity index (χ1n) is 21.3. The van der Waals surface area contributed by atoms with Gasteiger partial charge in [-0.05, 0) is 66.6 Å². The minimum Gasteiger partial charge on any atom is -0.479 e. The predicted octanol–water partition coefficient (Wildman–Crippen LogP) is -1.16. The van der Waals surface area contributed by atoms with Gasteiger partial charge in [0.25, 0.3) is 5.56 Å². The molecular formula is C44H46FN7O16. The third-order valence-corrected chi connectivity index (χ3v) is 12.5. The van der Waals surface area contributed by atoms with E-state index in [0.29, 0.717) is 39.8 Å². The lowest BCUT2D eigenvalue weighted by molar-refractivity contribution is -0.271. The van der Waals surface area contributed by atoms with E-state index >= 15 is 4.39 Å². The van der Waals surface area contributed by atoms with Crippen molar-refractivity contribution in [2.24, 2.45) is 5.73 Å². The second kappa shape index (κ2) is 18.5. The van der Waals surface area contributed by atoms with E-state index in [0.717, 1.165) is 0 Å². The number of amides is 4. The Balaban J connectivity index is 1.05. The van der Waals surface area contributed by atoms with Gasteiger partial charge in [0.15, 0.2) is 11.7 Å². The highest BCUT2D eigenvalue weighted by Crippen LogP contribution is 2.46. The number of pyridine rings is 2. The fraction of sp³-hybridized carbons (Fsp3) is 0.409. The number of anilines is 1. The topological polar surface area (TPSA) is 350 Å². The number of aliphatic hydroxyl groups is 4. The number of carbonyl (C=O) groups excluding carboxylic acids is 5. The average molecular weight is 948 g/mol. The first kappa shape index (κ1) is 47.4. The van der Waals surface area contributed by atoms with E-state index in [1.165, 1.54) is 34.9 Å². The van der Waals surface area contributed by atoms with E-state index in [2.05, 4.69) is 21.3 Å². The largest absolute Gasteiger partial charge is 0.479 e. The Morgan fingerprint density at radius 2 is 1.72 bits per heavy atom. The summed E-state index contributed by atoms with van der Waals surface area (Å²) in [6.07, 6.45) is -10.3. The summed E-state index contributed by atoms with van der Waals surface area (Å²) in [5.74, 6) is -5.53. The number of hydrogen-bond donors (Lipinski definition) is 10. The lowest BCUT2D eigenvalue weighted by Gasteiger charge is -2.38. The fourth-order valence-electron chi connectivity index (χ4n) is 8.86. The molecule has 1 aliphatic carbocycles. The van der Waals surface area contributed by atoms with Crippen LogP contribution in [0.4, 0.5) is 14.9 Å². The van der Waals surface area contributed by atoms with Gasteiger partial charge in [-0.1, -0.05) is 13.0 Å². The second-order valence-corrected chi connectivity index (χ2v) is 16.6. The lowest BCUT2D eigenvalue weighted by atomic mass is 9.81. The molecule has 3 aliphatic heterocycles. The molecule has 0 spiro atoms.